The van der Waals surface area contributed by atoms with E-state index < -0.39 is 0 Å². The number of ether oxygens (including phenoxy) is 1. The van der Waals surface area contributed by atoms with E-state index in [1.165, 1.54) is 30.4 Å². The molecule has 1 saturated carbocycles. The van der Waals surface area contributed by atoms with Gasteiger partial charge in [0.15, 0.2) is 0 Å². The standard InChI is InChI=1S/C19H26O2/c1-2-21-18-11-14(12-18)10-17(20)13-16-8-5-7-15-6-3-4-9-19(15)16/h3-4,6,9,14,16,18H,2,5,7-8,10-13H2,1H3. The highest BCUT2D eigenvalue weighted by atomic mass is 16.5. The van der Waals surface area contributed by atoms with Crippen LogP contribution in [-0.2, 0) is 16.0 Å². The molecule has 1 fully saturated rings. The van der Waals surface area contributed by atoms with Crippen molar-refractivity contribution in [1.82, 2.24) is 0 Å². The molecule has 0 radical (unpaired) electrons. The van der Waals surface area contributed by atoms with Gasteiger partial charge in [-0.25, -0.2) is 0 Å². The number of hydrogen-bond donors (Lipinski definition) is 0. The Bertz CT molecular complexity index is 488. The largest absolute Gasteiger partial charge is 0.378 e. The Morgan fingerprint density at radius 1 is 1.24 bits per heavy atom. The van der Waals surface area contributed by atoms with Gasteiger partial charge >= 0.3 is 0 Å². The van der Waals surface area contributed by atoms with E-state index in [0.29, 0.717) is 23.7 Å². The molecular weight excluding hydrogens is 260 g/mol. The SMILES string of the molecule is CCOC1CC(CC(=O)CC2CCCc3ccccc32)C1. The van der Waals surface area contributed by atoms with Crippen molar-refractivity contribution in [3.05, 3.63) is 35.4 Å². The minimum absolute atomic E-state index is 0.420. The predicted octanol–water partition coefficient (Wildman–Crippen LogP) is 4.27. The fourth-order valence-electron chi connectivity index (χ4n) is 3.96. The summed E-state index contributed by atoms with van der Waals surface area (Å²) in [4.78, 5) is 12.3. The van der Waals surface area contributed by atoms with Crippen LogP contribution in [0.25, 0.3) is 0 Å². The maximum absolute atomic E-state index is 12.3. The van der Waals surface area contributed by atoms with Gasteiger partial charge < -0.3 is 4.74 Å². The van der Waals surface area contributed by atoms with Gasteiger partial charge in [-0.15, -0.1) is 0 Å². The summed E-state index contributed by atoms with van der Waals surface area (Å²) in [6.07, 6.45) is 7.68. The van der Waals surface area contributed by atoms with Crippen LogP contribution in [-0.4, -0.2) is 18.5 Å². The number of aryl methyl sites for hydroxylation is 1. The molecule has 1 aromatic carbocycles. The maximum atomic E-state index is 12.3. The second-order valence-corrected chi connectivity index (χ2v) is 6.65. The van der Waals surface area contributed by atoms with Crippen LogP contribution in [0.5, 0.6) is 0 Å². The van der Waals surface area contributed by atoms with Gasteiger partial charge in [0.25, 0.3) is 0 Å². The van der Waals surface area contributed by atoms with Gasteiger partial charge in [-0.1, -0.05) is 24.3 Å². The zero-order valence-corrected chi connectivity index (χ0v) is 13.0. The molecule has 0 heterocycles. The second kappa shape index (κ2) is 6.74. The van der Waals surface area contributed by atoms with Gasteiger partial charge in [0.05, 0.1) is 6.10 Å². The molecule has 0 bridgehead atoms. The summed E-state index contributed by atoms with van der Waals surface area (Å²) in [5.41, 5.74) is 2.89. The van der Waals surface area contributed by atoms with Gasteiger partial charge in [-0.3, -0.25) is 4.79 Å². The number of carbonyl (C=O) groups excluding carboxylic acids is 1. The first kappa shape index (κ1) is 14.8. The Hall–Kier alpha value is -1.15. The highest BCUT2D eigenvalue weighted by Crippen LogP contribution is 2.37. The number of hydrogen-bond acceptors (Lipinski definition) is 2. The molecule has 0 aliphatic heterocycles. The highest BCUT2D eigenvalue weighted by molar-refractivity contribution is 5.79. The van der Waals surface area contributed by atoms with Crippen molar-refractivity contribution < 1.29 is 9.53 Å². The Labute approximate surface area is 127 Å². The third kappa shape index (κ3) is 3.55. The first-order valence-electron chi connectivity index (χ1n) is 8.47. The molecule has 0 spiro atoms. The molecule has 2 heteroatoms. The smallest absolute Gasteiger partial charge is 0.133 e. The number of benzene rings is 1. The maximum Gasteiger partial charge on any atom is 0.133 e. The Balaban J connectivity index is 1.50. The molecule has 0 aromatic heterocycles. The van der Waals surface area contributed by atoms with Gasteiger partial charge in [0, 0.05) is 19.4 Å². The molecule has 0 saturated heterocycles. The van der Waals surface area contributed by atoms with Crippen molar-refractivity contribution in [3.8, 4) is 0 Å². The molecule has 2 aliphatic rings. The zero-order chi connectivity index (χ0) is 14.7. The first-order chi connectivity index (χ1) is 10.3. The lowest BCUT2D eigenvalue weighted by molar-refractivity contribution is -0.122. The van der Waals surface area contributed by atoms with E-state index in [-0.39, 0.29) is 0 Å². The molecule has 1 atom stereocenters. The average molecular weight is 286 g/mol. The van der Waals surface area contributed by atoms with E-state index in [1.807, 2.05) is 6.92 Å². The van der Waals surface area contributed by atoms with Gasteiger partial charge in [-0.05, 0) is 62.0 Å². The van der Waals surface area contributed by atoms with Crippen molar-refractivity contribution >= 4 is 5.78 Å². The lowest BCUT2D eigenvalue weighted by Crippen LogP contribution is -2.33. The van der Waals surface area contributed by atoms with E-state index in [4.69, 9.17) is 4.74 Å². The van der Waals surface area contributed by atoms with E-state index in [0.717, 1.165) is 32.3 Å². The minimum atomic E-state index is 0.420. The number of fused-ring (bicyclic) bond motifs is 1. The number of carbonyl (C=O) groups is 1. The van der Waals surface area contributed by atoms with Gasteiger partial charge in [0.1, 0.15) is 5.78 Å². The molecule has 1 unspecified atom stereocenters. The van der Waals surface area contributed by atoms with Crippen LogP contribution < -0.4 is 0 Å². The minimum Gasteiger partial charge on any atom is -0.378 e. The quantitative estimate of drug-likeness (QED) is 0.780. The predicted molar refractivity (Wildman–Crippen MR) is 84.5 cm³/mol. The third-order valence-electron chi connectivity index (χ3n) is 5.08. The van der Waals surface area contributed by atoms with Gasteiger partial charge in [0.2, 0.25) is 0 Å². The molecule has 2 nitrogen and oxygen atoms in total. The molecule has 0 amide bonds. The van der Waals surface area contributed by atoms with Gasteiger partial charge in [-0.2, -0.15) is 0 Å². The molecule has 0 N–H and O–H groups in total. The Kier molecular flexibility index (Phi) is 4.74. The zero-order valence-electron chi connectivity index (χ0n) is 13.0. The van der Waals surface area contributed by atoms with Crippen molar-refractivity contribution in [3.63, 3.8) is 0 Å². The van der Waals surface area contributed by atoms with E-state index in [1.54, 1.807) is 0 Å². The molecule has 114 valence electrons. The van der Waals surface area contributed by atoms with Crippen molar-refractivity contribution in [1.29, 1.82) is 0 Å². The third-order valence-corrected chi connectivity index (χ3v) is 5.08. The summed E-state index contributed by atoms with van der Waals surface area (Å²) in [5.74, 6) is 1.50. The molecule has 3 rings (SSSR count). The van der Waals surface area contributed by atoms with Crippen molar-refractivity contribution in [2.75, 3.05) is 6.61 Å². The van der Waals surface area contributed by atoms with Crippen LogP contribution >= 0.6 is 0 Å². The van der Waals surface area contributed by atoms with Crippen LogP contribution in [0.3, 0.4) is 0 Å². The highest BCUT2D eigenvalue weighted by Gasteiger charge is 2.32. The number of ketones is 1. The normalized spacial score (nSPS) is 27.8. The first-order valence-corrected chi connectivity index (χ1v) is 8.47. The van der Waals surface area contributed by atoms with E-state index >= 15 is 0 Å². The summed E-state index contributed by atoms with van der Waals surface area (Å²) in [6.45, 7) is 2.84. The van der Waals surface area contributed by atoms with E-state index in [2.05, 4.69) is 24.3 Å². The summed E-state index contributed by atoms with van der Waals surface area (Å²) >= 11 is 0. The fraction of sp³-hybridized carbons (Fsp3) is 0.632. The monoisotopic (exact) mass is 286 g/mol. The average Bonchev–Trinajstić information content (AvgIpc) is 2.45. The van der Waals surface area contributed by atoms with Crippen LogP contribution in [0.2, 0.25) is 0 Å². The van der Waals surface area contributed by atoms with Crippen molar-refractivity contribution in [2.24, 2.45) is 5.92 Å². The van der Waals surface area contributed by atoms with Crippen LogP contribution in [0.15, 0.2) is 24.3 Å². The topological polar surface area (TPSA) is 26.3 Å². The van der Waals surface area contributed by atoms with E-state index in [9.17, 15) is 4.79 Å². The summed E-state index contributed by atoms with van der Waals surface area (Å²) in [5, 5.41) is 0. The van der Waals surface area contributed by atoms with Crippen LogP contribution in [0, 0.1) is 5.92 Å². The number of rotatable bonds is 6. The Morgan fingerprint density at radius 3 is 2.86 bits per heavy atom. The molecule has 21 heavy (non-hydrogen) atoms. The fourth-order valence-corrected chi connectivity index (χ4v) is 3.96. The molecule has 1 aromatic rings. The lowest BCUT2D eigenvalue weighted by atomic mass is 9.76. The second-order valence-electron chi connectivity index (χ2n) is 6.65. The molecular formula is C19H26O2. The number of Topliss-reactive ketones (excluding diaryl/α,β-unsaturated/α-hetero) is 1. The van der Waals surface area contributed by atoms with Crippen LogP contribution in [0.4, 0.5) is 0 Å². The van der Waals surface area contributed by atoms with Crippen LogP contribution in [0.1, 0.15) is 62.5 Å². The Morgan fingerprint density at radius 2 is 2.05 bits per heavy atom. The van der Waals surface area contributed by atoms with Crippen molar-refractivity contribution in [2.45, 2.75) is 63.9 Å². The molecule has 2 aliphatic carbocycles. The summed E-state index contributed by atoms with van der Waals surface area (Å²) in [7, 11) is 0. The summed E-state index contributed by atoms with van der Waals surface area (Å²) in [6, 6.07) is 8.68. The summed E-state index contributed by atoms with van der Waals surface area (Å²) < 4.78 is 5.57. The lowest BCUT2D eigenvalue weighted by Gasteiger charge is -2.35.